The van der Waals surface area contributed by atoms with E-state index in [1.165, 1.54) is 43.1 Å². The molecule has 5 rings (SSSR count). The molecule has 0 bridgehead atoms. The number of aromatic nitrogens is 3. The number of benzene rings is 2. The molecule has 4 atom stereocenters. The Morgan fingerprint density at radius 2 is 1.67 bits per heavy atom. The Labute approximate surface area is 339 Å². The topological polar surface area (TPSA) is 176 Å². The lowest BCUT2D eigenvalue weighted by Gasteiger charge is -2.38. The summed E-state index contributed by atoms with van der Waals surface area (Å²) in [5.74, 6) is -1.64. The van der Waals surface area contributed by atoms with E-state index in [1.54, 1.807) is 106 Å². The van der Waals surface area contributed by atoms with E-state index in [1.807, 2.05) is 0 Å². The van der Waals surface area contributed by atoms with Crippen molar-refractivity contribution in [2.24, 2.45) is 5.41 Å². The Morgan fingerprint density at radius 1 is 1.00 bits per heavy atom. The highest BCUT2D eigenvalue weighted by Crippen LogP contribution is 2.28. The molecule has 1 saturated heterocycles. The van der Waals surface area contributed by atoms with Gasteiger partial charge < -0.3 is 19.9 Å². The zero-order valence-electron chi connectivity index (χ0n) is 34.2. The smallest absolute Gasteiger partial charge is 0.410 e. The van der Waals surface area contributed by atoms with Crippen molar-refractivity contribution in [3.63, 3.8) is 0 Å². The van der Waals surface area contributed by atoms with Crippen LogP contribution in [0.4, 0.5) is 9.18 Å². The molecule has 1 fully saturated rings. The fraction of sp³-hybridized carbons (Fsp3) is 0.463. The normalized spacial score (nSPS) is 17.1. The van der Waals surface area contributed by atoms with Crippen LogP contribution < -0.4 is 10.0 Å². The molecule has 312 valence electrons. The first-order valence-electron chi connectivity index (χ1n) is 19.1. The van der Waals surface area contributed by atoms with Crippen molar-refractivity contribution in [2.45, 2.75) is 96.0 Å². The molecular formula is C41H53FN8O7S. The Hall–Kier alpha value is -5.42. The highest BCUT2D eigenvalue weighted by Gasteiger charge is 2.45. The third-order valence-corrected chi connectivity index (χ3v) is 11.4. The minimum Gasteiger partial charge on any atom is -0.444 e. The van der Waals surface area contributed by atoms with Gasteiger partial charge in [-0.25, -0.2) is 32.3 Å². The number of carbonyl (C=O) groups is 4. The number of hydrogen-bond acceptors (Lipinski definition) is 9. The Morgan fingerprint density at radius 3 is 2.29 bits per heavy atom. The molecule has 3 heterocycles. The third kappa shape index (κ3) is 10.9. The van der Waals surface area contributed by atoms with Gasteiger partial charge in [0.15, 0.2) is 0 Å². The number of nitrogens with one attached hydrogen (secondary N) is 2. The number of amides is 4. The number of sulfonamides is 1. The molecule has 4 unspecified atom stereocenters. The van der Waals surface area contributed by atoms with Crippen LogP contribution in [-0.4, -0.2) is 118 Å². The van der Waals surface area contributed by atoms with Gasteiger partial charge in [0.05, 0.1) is 10.9 Å². The Balaban J connectivity index is 1.47. The maximum atomic E-state index is 14.8. The molecule has 17 heteroatoms. The summed E-state index contributed by atoms with van der Waals surface area (Å²) in [6.07, 6.45) is 4.59. The largest absolute Gasteiger partial charge is 0.444 e. The van der Waals surface area contributed by atoms with Crippen molar-refractivity contribution in [3.8, 4) is 0 Å². The molecule has 0 spiro atoms. The second kappa shape index (κ2) is 17.6. The van der Waals surface area contributed by atoms with E-state index in [0.717, 1.165) is 10.5 Å². The molecule has 2 N–H and O–H groups in total. The summed E-state index contributed by atoms with van der Waals surface area (Å²) in [4.78, 5) is 68.7. The van der Waals surface area contributed by atoms with Crippen LogP contribution in [0.25, 0.3) is 5.78 Å². The first-order chi connectivity index (χ1) is 27.1. The van der Waals surface area contributed by atoms with E-state index in [4.69, 9.17) is 4.74 Å². The van der Waals surface area contributed by atoms with E-state index in [2.05, 4.69) is 20.0 Å². The molecule has 4 aromatic rings. The maximum absolute atomic E-state index is 14.8. The van der Waals surface area contributed by atoms with Crippen LogP contribution in [0.1, 0.15) is 70.9 Å². The second-order valence-corrected chi connectivity index (χ2v) is 18.4. The van der Waals surface area contributed by atoms with Crippen LogP contribution in [0.2, 0.25) is 0 Å². The summed E-state index contributed by atoms with van der Waals surface area (Å²) >= 11 is 0. The standard InChI is InChI=1S/C41H53FN8O7S/c1-27(47(8)39(54)57-41(5,6)7)35(51)45-34(40(2,3)4)37(53)50-24-30(46-58(55,56)32-13-10-9-11-14-32)23-31(50)25-48(22-19-28-15-17-29(42)18-16-28)36(52)33-26-49-21-12-20-43-38(49)44-33/h9-18,20-21,26-27,30-31,34,46H,19,22-25H2,1-8H3,(H,45,51). The minimum absolute atomic E-state index is 0.0285. The lowest BCUT2D eigenvalue weighted by molar-refractivity contribution is -0.141. The predicted octanol–water partition coefficient (Wildman–Crippen LogP) is 4.29. The van der Waals surface area contributed by atoms with Gasteiger partial charge in [-0.2, -0.15) is 0 Å². The number of fused-ring (bicyclic) bond motifs is 1. The number of rotatable bonds is 13. The SMILES string of the molecule is CC(C(=O)NC(C(=O)N1CC(NS(=O)(=O)c2ccccc2)CC1CN(CCc1ccc(F)cc1)C(=O)c1cn2cccnc2n1)C(C)(C)C)N(C)C(=O)OC(C)(C)C. The van der Waals surface area contributed by atoms with E-state index in [9.17, 15) is 32.0 Å². The van der Waals surface area contributed by atoms with Crippen molar-refractivity contribution in [2.75, 3.05) is 26.7 Å². The summed E-state index contributed by atoms with van der Waals surface area (Å²) < 4.78 is 50.7. The third-order valence-electron chi connectivity index (χ3n) is 9.87. The average molecular weight is 821 g/mol. The molecule has 0 aliphatic carbocycles. The lowest BCUT2D eigenvalue weighted by Crippen LogP contribution is -2.60. The van der Waals surface area contributed by atoms with Gasteiger partial charge in [-0.15, -0.1) is 0 Å². The highest BCUT2D eigenvalue weighted by molar-refractivity contribution is 7.89. The summed E-state index contributed by atoms with van der Waals surface area (Å²) in [5.41, 5.74) is -0.779. The molecule has 1 aliphatic heterocycles. The molecular weight excluding hydrogens is 768 g/mol. The monoisotopic (exact) mass is 820 g/mol. The fourth-order valence-corrected chi connectivity index (χ4v) is 7.88. The van der Waals surface area contributed by atoms with Gasteiger partial charge in [0.1, 0.15) is 29.2 Å². The first kappa shape index (κ1) is 43.7. The Kier molecular flexibility index (Phi) is 13.3. The van der Waals surface area contributed by atoms with Crippen molar-refractivity contribution in [1.29, 1.82) is 0 Å². The number of likely N-dealkylation sites (N-methyl/N-ethyl adjacent to an activating group) is 1. The van der Waals surface area contributed by atoms with E-state index >= 15 is 0 Å². The number of likely N-dealkylation sites (tertiary alicyclic amines) is 1. The van der Waals surface area contributed by atoms with E-state index < -0.39 is 74.8 Å². The van der Waals surface area contributed by atoms with Gasteiger partial charge in [0.25, 0.3) is 5.91 Å². The molecule has 58 heavy (non-hydrogen) atoms. The van der Waals surface area contributed by atoms with Crippen molar-refractivity contribution in [1.82, 2.24) is 39.1 Å². The molecule has 15 nitrogen and oxygen atoms in total. The zero-order chi connectivity index (χ0) is 42.6. The summed E-state index contributed by atoms with van der Waals surface area (Å²) in [5, 5.41) is 2.86. The van der Waals surface area contributed by atoms with Crippen molar-refractivity contribution < 1.29 is 36.7 Å². The van der Waals surface area contributed by atoms with Gasteiger partial charge >= 0.3 is 6.09 Å². The molecule has 0 saturated carbocycles. The van der Waals surface area contributed by atoms with E-state index in [0.29, 0.717) is 12.2 Å². The quantitative estimate of drug-likeness (QED) is 0.200. The number of ether oxygens (including phenoxy) is 1. The second-order valence-electron chi connectivity index (χ2n) is 16.7. The van der Waals surface area contributed by atoms with Crippen LogP contribution >= 0.6 is 0 Å². The summed E-state index contributed by atoms with van der Waals surface area (Å²) in [6.45, 7) is 12.1. The van der Waals surface area contributed by atoms with Crippen LogP contribution in [0, 0.1) is 11.2 Å². The van der Waals surface area contributed by atoms with Gasteiger partial charge in [-0.05, 0) is 81.8 Å². The van der Waals surface area contributed by atoms with Gasteiger partial charge in [-0.1, -0.05) is 51.1 Å². The number of hydrogen-bond donors (Lipinski definition) is 2. The minimum atomic E-state index is -4.02. The predicted molar refractivity (Wildman–Crippen MR) is 215 cm³/mol. The fourth-order valence-electron chi connectivity index (χ4n) is 6.62. The Bertz CT molecular complexity index is 2170. The van der Waals surface area contributed by atoms with Crippen LogP contribution in [0.15, 0.2) is 84.1 Å². The number of halogens is 1. The van der Waals surface area contributed by atoms with Gasteiger partial charge in [0, 0.05) is 51.3 Å². The maximum Gasteiger partial charge on any atom is 0.410 e. The van der Waals surface area contributed by atoms with Crippen molar-refractivity contribution in [3.05, 3.63) is 96.3 Å². The summed E-state index contributed by atoms with van der Waals surface area (Å²) in [7, 11) is -2.58. The van der Waals surface area contributed by atoms with E-state index in [-0.39, 0.29) is 36.6 Å². The molecule has 4 amide bonds. The van der Waals surface area contributed by atoms with Crippen LogP contribution in [-0.2, 0) is 30.8 Å². The lowest BCUT2D eigenvalue weighted by atomic mass is 9.85. The first-order valence-corrected chi connectivity index (χ1v) is 20.6. The molecule has 0 radical (unpaired) electrons. The van der Waals surface area contributed by atoms with Crippen LogP contribution in [0.3, 0.4) is 0 Å². The van der Waals surface area contributed by atoms with Gasteiger partial charge in [-0.3, -0.25) is 23.7 Å². The van der Waals surface area contributed by atoms with Crippen LogP contribution in [0.5, 0.6) is 0 Å². The summed E-state index contributed by atoms with van der Waals surface area (Å²) in [6, 6.07) is 11.9. The average Bonchev–Trinajstić information content (AvgIpc) is 3.78. The molecule has 1 aliphatic rings. The number of carbonyl (C=O) groups excluding carboxylic acids is 4. The van der Waals surface area contributed by atoms with Crippen molar-refractivity contribution >= 4 is 39.6 Å². The number of imidazole rings is 1. The zero-order valence-corrected chi connectivity index (χ0v) is 35.0. The number of nitrogens with zero attached hydrogens (tertiary/aromatic N) is 6. The molecule has 2 aromatic heterocycles. The van der Waals surface area contributed by atoms with Gasteiger partial charge in [0.2, 0.25) is 27.6 Å². The molecule has 2 aromatic carbocycles. The highest BCUT2D eigenvalue weighted by atomic mass is 32.2.